The minimum Gasteiger partial charge on any atom is -0.348 e. The van der Waals surface area contributed by atoms with Crippen molar-refractivity contribution in [3.8, 4) is 12.3 Å². The van der Waals surface area contributed by atoms with Crippen LogP contribution in [0.5, 0.6) is 0 Å². The van der Waals surface area contributed by atoms with E-state index < -0.39 is 5.79 Å². The predicted octanol–water partition coefficient (Wildman–Crippen LogP) is 1.55. The van der Waals surface area contributed by atoms with E-state index in [1.165, 1.54) is 0 Å². The fourth-order valence-electron chi connectivity index (χ4n) is 1.15. The predicted molar refractivity (Wildman–Crippen MR) is 43.0 cm³/mol. The van der Waals surface area contributed by atoms with Gasteiger partial charge in [-0.15, -0.1) is 12.3 Å². The molecular weight excluding hydrogens is 140 g/mol. The molecule has 1 heterocycles. The number of hydrogen-bond acceptors (Lipinski definition) is 2. The van der Waals surface area contributed by atoms with E-state index in [4.69, 9.17) is 15.9 Å². The highest BCUT2D eigenvalue weighted by atomic mass is 16.7. The van der Waals surface area contributed by atoms with Crippen LogP contribution in [0.15, 0.2) is 0 Å². The number of ether oxygens (including phenoxy) is 2. The monoisotopic (exact) mass is 154 g/mol. The standard InChI is InChI=1S/C9H14O2/c1-4-5-6-8-7-10-9(2,3)11-8/h1,8H,5-7H2,2-3H3/t8-/m0/s1. The number of hydrogen-bond donors (Lipinski definition) is 0. The summed E-state index contributed by atoms with van der Waals surface area (Å²) in [5.41, 5.74) is 0. The second-order valence-electron chi connectivity index (χ2n) is 3.19. The Kier molecular flexibility index (Phi) is 2.53. The second kappa shape index (κ2) is 3.25. The first-order chi connectivity index (χ1) is 5.14. The molecule has 1 rings (SSSR count). The van der Waals surface area contributed by atoms with Crippen molar-refractivity contribution >= 4 is 0 Å². The van der Waals surface area contributed by atoms with Crippen LogP contribution in [0.3, 0.4) is 0 Å². The van der Waals surface area contributed by atoms with Gasteiger partial charge < -0.3 is 9.47 Å². The lowest BCUT2D eigenvalue weighted by atomic mass is 10.2. The third-order valence-corrected chi connectivity index (χ3v) is 1.68. The van der Waals surface area contributed by atoms with Gasteiger partial charge in [-0.1, -0.05) is 0 Å². The van der Waals surface area contributed by atoms with Crippen LogP contribution in [0.1, 0.15) is 26.7 Å². The Labute approximate surface area is 67.9 Å². The smallest absolute Gasteiger partial charge is 0.163 e. The molecule has 1 aliphatic rings. The fourth-order valence-corrected chi connectivity index (χ4v) is 1.15. The van der Waals surface area contributed by atoms with E-state index in [9.17, 15) is 0 Å². The maximum absolute atomic E-state index is 5.53. The molecule has 0 spiro atoms. The van der Waals surface area contributed by atoms with Crippen molar-refractivity contribution < 1.29 is 9.47 Å². The molecule has 0 aromatic rings. The minimum atomic E-state index is -0.404. The third kappa shape index (κ3) is 2.53. The van der Waals surface area contributed by atoms with Gasteiger partial charge in [-0.2, -0.15) is 0 Å². The van der Waals surface area contributed by atoms with E-state index in [1.807, 2.05) is 13.8 Å². The van der Waals surface area contributed by atoms with E-state index in [0.717, 1.165) is 12.8 Å². The van der Waals surface area contributed by atoms with Crippen molar-refractivity contribution in [1.29, 1.82) is 0 Å². The van der Waals surface area contributed by atoms with Gasteiger partial charge >= 0.3 is 0 Å². The summed E-state index contributed by atoms with van der Waals surface area (Å²) < 4.78 is 10.9. The van der Waals surface area contributed by atoms with Crippen molar-refractivity contribution in [2.24, 2.45) is 0 Å². The first-order valence-electron chi connectivity index (χ1n) is 3.89. The van der Waals surface area contributed by atoms with Crippen LogP contribution in [-0.4, -0.2) is 18.5 Å². The summed E-state index contributed by atoms with van der Waals surface area (Å²) in [6.07, 6.45) is 6.99. The minimum absolute atomic E-state index is 0.195. The number of terminal acetylenes is 1. The molecular formula is C9H14O2. The molecule has 1 aliphatic heterocycles. The summed E-state index contributed by atoms with van der Waals surface area (Å²) in [6.45, 7) is 4.51. The Hall–Kier alpha value is -0.520. The largest absolute Gasteiger partial charge is 0.348 e. The molecule has 0 amide bonds. The summed E-state index contributed by atoms with van der Waals surface area (Å²) in [5, 5.41) is 0. The SMILES string of the molecule is C#CCC[C@H]1COC(C)(C)O1. The summed E-state index contributed by atoms with van der Waals surface area (Å²) in [6, 6.07) is 0. The van der Waals surface area contributed by atoms with Crippen LogP contribution in [0.4, 0.5) is 0 Å². The van der Waals surface area contributed by atoms with Gasteiger partial charge in [-0.3, -0.25) is 0 Å². The van der Waals surface area contributed by atoms with Gasteiger partial charge in [0, 0.05) is 6.42 Å². The average molecular weight is 154 g/mol. The van der Waals surface area contributed by atoms with Gasteiger partial charge in [0.2, 0.25) is 0 Å². The van der Waals surface area contributed by atoms with Gasteiger partial charge in [0.1, 0.15) is 0 Å². The van der Waals surface area contributed by atoms with Crippen LogP contribution in [0.25, 0.3) is 0 Å². The zero-order chi connectivity index (χ0) is 8.32. The van der Waals surface area contributed by atoms with Gasteiger partial charge in [-0.05, 0) is 20.3 Å². The molecule has 62 valence electrons. The van der Waals surface area contributed by atoms with E-state index in [-0.39, 0.29) is 6.10 Å². The molecule has 2 heteroatoms. The Morgan fingerprint density at radius 2 is 2.36 bits per heavy atom. The van der Waals surface area contributed by atoms with Gasteiger partial charge in [-0.25, -0.2) is 0 Å². The summed E-state index contributed by atoms with van der Waals surface area (Å²) in [4.78, 5) is 0. The maximum atomic E-state index is 5.53. The molecule has 1 fully saturated rings. The topological polar surface area (TPSA) is 18.5 Å². The zero-order valence-electron chi connectivity index (χ0n) is 7.09. The molecule has 0 saturated carbocycles. The third-order valence-electron chi connectivity index (χ3n) is 1.68. The van der Waals surface area contributed by atoms with Crippen molar-refractivity contribution in [2.45, 2.75) is 38.6 Å². The van der Waals surface area contributed by atoms with Gasteiger partial charge in [0.25, 0.3) is 0 Å². The van der Waals surface area contributed by atoms with E-state index in [2.05, 4.69) is 5.92 Å². The molecule has 0 aliphatic carbocycles. The fraction of sp³-hybridized carbons (Fsp3) is 0.778. The van der Waals surface area contributed by atoms with Crippen LogP contribution in [0, 0.1) is 12.3 Å². The van der Waals surface area contributed by atoms with Crippen LogP contribution >= 0.6 is 0 Å². The molecule has 2 nitrogen and oxygen atoms in total. The van der Waals surface area contributed by atoms with Crippen molar-refractivity contribution in [3.05, 3.63) is 0 Å². The molecule has 0 unspecified atom stereocenters. The molecule has 0 aromatic heterocycles. The van der Waals surface area contributed by atoms with Gasteiger partial charge in [0.05, 0.1) is 12.7 Å². The average Bonchev–Trinajstić information content (AvgIpc) is 2.26. The zero-order valence-corrected chi connectivity index (χ0v) is 7.09. The summed E-state index contributed by atoms with van der Waals surface area (Å²) in [5.74, 6) is 2.18. The van der Waals surface area contributed by atoms with Crippen molar-refractivity contribution in [1.82, 2.24) is 0 Å². The Bertz CT molecular complexity index is 167. The van der Waals surface area contributed by atoms with Crippen LogP contribution in [0.2, 0.25) is 0 Å². The lowest BCUT2D eigenvalue weighted by Gasteiger charge is -2.16. The molecule has 0 N–H and O–H groups in total. The molecule has 1 saturated heterocycles. The summed E-state index contributed by atoms with van der Waals surface area (Å²) in [7, 11) is 0. The highest BCUT2D eigenvalue weighted by molar-refractivity contribution is 4.85. The van der Waals surface area contributed by atoms with Crippen molar-refractivity contribution in [3.63, 3.8) is 0 Å². The van der Waals surface area contributed by atoms with E-state index in [0.29, 0.717) is 6.61 Å². The first kappa shape index (κ1) is 8.58. The second-order valence-corrected chi connectivity index (χ2v) is 3.19. The highest BCUT2D eigenvalue weighted by Crippen LogP contribution is 2.24. The lowest BCUT2D eigenvalue weighted by molar-refractivity contribution is -0.138. The lowest BCUT2D eigenvalue weighted by Crippen LogP contribution is -2.21. The first-order valence-corrected chi connectivity index (χ1v) is 3.89. The molecule has 11 heavy (non-hydrogen) atoms. The summed E-state index contributed by atoms with van der Waals surface area (Å²) >= 11 is 0. The molecule has 0 aromatic carbocycles. The Morgan fingerprint density at radius 1 is 1.64 bits per heavy atom. The van der Waals surface area contributed by atoms with Crippen molar-refractivity contribution in [2.75, 3.05) is 6.61 Å². The normalized spacial score (nSPS) is 28.3. The highest BCUT2D eigenvalue weighted by Gasteiger charge is 2.31. The van der Waals surface area contributed by atoms with Gasteiger partial charge in [0.15, 0.2) is 5.79 Å². The quantitative estimate of drug-likeness (QED) is 0.562. The molecule has 0 bridgehead atoms. The van der Waals surface area contributed by atoms with E-state index >= 15 is 0 Å². The molecule has 0 radical (unpaired) electrons. The maximum Gasteiger partial charge on any atom is 0.163 e. The number of rotatable bonds is 2. The van der Waals surface area contributed by atoms with Crippen LogP contribution < -0.4 is 0 Å². The van der Waals surface area contributed by atoms with Crippen LogP contribution in [-0.2, 0) is 9.47 Å². The Morgan fingerprint density at radius 3 is 2.82 bits per heavy atom. The molecule has 1 atom stereocenters. The van der Waals surface area contributed by atoms with E-state index in [1.54, 1.807) is 0 Å². The Balaban J connectivity index is 2.26.